The maximum atomic E-state index is 14.5. The second-order valence-electron chi connectivity index (χ2n) is 5.68. The smallest absolute Gasteiger partial charge is 0.414 e. The first-order chi connectivity index (χ1) is 11.5. The van der Waals surface area contributed by atoms with Gasteiger partial charge in [0, 0.05) is 41.0 Å². The summed E-state index contributed by atoms with van der Waals surface area (Å²) in [6.45, 7) is 1.75. The average Bonchev–Trinajstić information content (AvgIpc) is 3.11. The molecule has 2 unspecified atom stereocenters. The quantitative estimate of drug-likeness (QED) is 0.896. The van der Waals surface area contributed by atoms with Crippen LogP contribution in [-0.4, -0.2) is 41.2 Å². The molecule has 128 valence electrons. The summed E-state index contributed by atoms with van der Waals surface area (Å²) in [7, 11) is -1.04. The van der Waals surface area contributed by atoms with Crippen LogP contribution >= 0.6 is 0 Å². The molecule has 0 saturated carbocycles. The zero-order valence-corrected chi connectivity index (χ0v) is 13.9. The van der Waals surface area contributed by atoms with Gasteiger partial charge in [0.1, 0.15) is 12.4 Å². The van der Waals surface area contributed by atoms with Gasteiger partial charge in [0.25, 0.3) is 0 Å². The van der Waals surface area contributed by atoms with Crippen molar-refractivity contribution in [1.82, 2.24) is 5.32 Å². The average molecular weight is 352 g/mol. The van der Waals surface area contributed by atoms with Crippen molar-refractivity contribution in [2.75, 3.05) is 23.8 Å². The maximum absolute atomic E-state index is 14.5. The number of anilines is 1. The summed E-state index contributed by atoms with van der Waals surface area (Å²) in [5.74, 6) is -0.180. The number of cyclic esters (lactones) is 1. The third-order valence-corrected chi connectivity index (χ3v) is 5.12. The Morgan fingerprint density at radius 2 is 2.29 bits per heavy atom. The first-order valence-electron chi connectivity index (χ1n) is 7.54. The van der Waals surface area contributed by atoms with Gasteiger partial charge in [-0.3, -0.25) is 13.9 Å². The standard InChI is InChI=1S/C16H17FN2O4S/c1-10(20)18-7-13-8-23-16(21)19(13)12-2-3-14(15(17)6-12)11-4-5-24(22)9-11/h2-3,6,9,13H,4-5,7-8H2,1H3,(H,18,20). The molecule has 3 rings (SSSR count). The fourth-order valence-corrected chi connectivity index (χ4v) is 3.89. The number of carbonyl (C=O) groups is 2. The van der Waals surface area contributed by atoms with Gasteiger partial charge in [0.15, 0.2) is 0 Å². The number of hydrogen-bond donors (Lipinski definition) is 1. The van der Waals surface area contributed by atoms with Crippen molar-refractivity contribution in [3.8, 4) is 0 Å². The van der Waals surface area contributed by atoms with E-state index in [1.54, 1.807) is 17.5 Å². The van der Waals surface area contributed by atoms with Crippen molar-refractivity contribution < 1.29 is 22.9 Å². The number of nitrogens with zero attached hydrogens (tertiary/aromatic N) is 1. The molecule has 0 aromatic heterocycles. The minimum Gasteiger partial charge on any atom is -0.447 e. The van der Waals surface area contributed by atoms with Gasteiger partial charge in [-0.25, -0.2) is 9.18 Å². The molecule has 1 saturated heterocycles. The molecule has 0 aliphatic carbocycles. The molecule has 0 radical (unpaired) electrons. The molecule has 0 spiro atoms. The Bertz CT molecular complexity index is 750. The van der Waals surface area contributed by atoms with Gasteiger partial charge >= 0.3 is 6.09 Å². The third kappa shape index (κ3) is 3.33. The van der Waals surface area contributed by atoms with E-state index in [1.807, 2.05) is 0 Å². The van der Waals surface area contributed by atoms with Crippen LogP contribution in [0, 0.1) is 5.82 Å². The number of ether oxygens (including phenoxy) is 1. The maximum Gasteiger partial charge on any atom is 0.414 e. The fraction of sp³-hybridized carbons (Fsp3) is 0.375. The number of hydrogen-bond acceptors (Lipinski definition) is 4. The van der Waals surface area contributed by atoms with Gasteiger partial charge in [-0.15, -0.1) is 0 Å². The summed E-state index contributed by atoms with van der Waals surface area (Å²) in [6.07, 6.45) is -0.00142. The topological polar surface area (TPSA) is 75.7 Å². The number of carbonyl (C=O) groups excluding carboxylic acids is 2. The summed E-state index contributed by atoms with van der Waals surface area (Å²) < 4.78 is 30.9. The lowest BCUT2D eigenvalue weighted by Crippen LogP contribution is -2.42. The van der Waals surface area contributed by atoms with Crippen molar-refractivity contribution in [2.45, 2.75) is 19.4 Å². The molecule has 8 heteroatoms. The van der Waals surface area contributed by atoms with E-state index in [0.717, 1.165) is 5.57 Å². The van der Waals surface area contributed by atoms with Gasteiger partial charge in [-0.2, -0.15) is 0 Å². The fourth-order valence-electron chi connectivity index (χ4n) is 2.79. The van der Waals surface area contributed by atoms with E-state index in [2.05, 4.69) is 5.32 Å². The number of amides is 2. The zero-order chi connectivity index (χ0) is 17.3. The summed E-state index contributed by atoms with van der Waals surface area (Å²) in [5, 5.41) is 4.21. The van der Waals surface area contributed by atoms with Gasteiger partial charge < -0.3 is 10.1 Å². The van der Waals surface area contributed by atoms with E-state index >= 15 is 0 Å². The molecular weight excluding hydrogens is 335 g/mol. The van der Waals surface area contributed by atoms with Crippen LogP contribution in [-0.2, 0) is 20.3 Å². The van der Waals surface area contributed by atoms with Gasteiger partial charge in [-0.05, 0) is 30.2 Å². The van der Waals surface area contributed by atoms with E-state index < -0.39 is 22.7 Å². The Balaban J connectivity index is 1.84. The number of halogens is 1. The highest BCUT2D eigenvalue weighted by Crippen LogP contribution is 2.31. The first kappa shape index (κ1) is 16.6. The highest BCUT2D eigenvalue weighted by atomic mass is 32.2. The van der Waals surface area contributed by atoms with E-state index in [4.69, 9.17) is 4.74 Å². The highest BCUT2D eigenvalue weighted by molar-refractivity contribution is 7.88. The van der Waals surface area contributed by atoms with Crippen LogP contribution in [0.15, 0.2) is 23.6 Å². The second kappa shape index (κ2) is 6.72. The molecule has 0 bridgehead atoms. The molecule has 24 heavy (non-hydrogen) atoms. The minimum atomic E-state index is -1.04. The zero-order valence-electron chi connectivity index (χ0n) is 13.1. The van der Waals surface area contributed by atoms with Gasteiger partial charge in [0.2, 0.25) is 5.91 Å². The molecule has 2 amide bonds. The molecule has 1 fully saturated rings. The van der Waals surface area contributed by atoms with Crippen molar-refractivity contribution in [2.24, 2.45) is 0 Å². The largest absolute Gasteiger partial charge is 0.447 e. The highest BCUT2D eigenvalue weighted by Gasteiger charge is 2.34. The molecule has 2 atom stereocenters. The Morgan fingerprint density at radius 3 is 2.92 bits per heavy atom. The van der Waals surface area contributed by atoms with Crippen LogP contribution in [0.5, 0.6) is 0 Å². The van der Waals surface area contributed by atoms with Crippen molar-refractivity contribution >= 4 is 34.1 Å². The van der Waals surface area contributed by atoms with E-state index in [9.17, 15) is 18.2 Å². The predicted molar refractivity (Wildman–Crippen MR) is 88.3 cm³/mol. The Kier molecular flexibility index (Phi) is 4.66. The van der Waals surface area contributed by atoms with Crippen LogP contribution in [0.4, 0.5) is 14.9 Å². The normalized spacial score (nSPS) is 23.2. The minimum absolute atomic E-state index is 0.132. The van der Waals surface area contributed by atoms with Crippen molar-refractivity contribution in [1.29, 1.82) is 0 Å². The lowest BCUT2D eigenvalue weighted by Gasteiger charge is -2.22. The van der Waals surface area contributed by atoms with E-state index in [-0.39, 0.29) is 25.1 Å². The molecular formula is C16H17FN2O4S. The number of rotatable bonds is 4. The van der Waals surface area contributed by atoms with Crippen molar-refractivity contribution in [3.63, 3.8) is 0 Å². The Morgan fingerprint density at radius 1 is 1.50 bits per heavy atom. The summed E-state index contributed by atoms with van der Waals surface area (Å²) >= 11 is 0. The molecule has 2 aliphatic rings. The van der Waals surface area contributed by atoms with Crippen LogP contribution < -0.4 is 10.2 Å². The lowest BCUT2D eigenvalue weighted by molar-refractivity contribution is -0.119. The molecule has 6 nitrogen and oxygen atoms in total. The molecule has 1 aromatic rings. The van der Waals surface area contributed by atoms with Gasteiger partial charge in [0.05, 0.1) is 11.7 Å². The van der Waals surface area contributed by atoms with E-state index in [0.29, 0.717) is 23.4 Å². The molecule has 2 heterocycles. The second-order valence-corrected chi connectivity index (χ2v) is 7.09. The predicted octanol–water partition coefficient (Wildman–Crippen LogP) is 1.78. The monoisotopic (exact) mass is 352 g/mol. The Labute approximate surface area is 141 Å². The summed E-state index contributed by atoms with van der Waals surface area (Å²) in [4.78, 5) is 24.3. The number of allylic oxidation sites excluding steroid dienone is 1. The number of nitrogens with one attached hydrogen (secondary N) is 1. The molecule has 2 aliphatic heterocycles. The third-order valence-electron chi connectivity index (χ3n) is 3.97. The van der Waals surface area contributed by atoms with Crippen molar-refractivity contribution in [3.05, 3.63) is 35.0 Å². The molecule has 1 N–H and O–H groups in total. The number of benzene rings is 1. The van der Waals surface area contributed by atoms with Crippen LogP contribution in [0.25, 0.3) is 5.57 Å². The summed E-state index contributed by atoms with van der Waals surface area (Å²) in [6, 6.07) is 4.10. The molecule has 1 aromatic carbocycles. The van der Waals surface area contributed by atoms with Crippen LogP contribution in [0.3, 0.4) is 0 Å². The van der Waals surface area contributed by atoms with E-state index in [1.165, 1.54) is 17.9 Å². The summed E-state index contributed by atoms with van der Waals surface area (Å²) in [5.41, 5.74) is 1.49. The van der Waals surface area contributed by atoms with Crippen LogP contribution in [0.2, 0.25) is 0 Å². The van der Waals surface area contributed by atoms with Crippen LogP contribution in [0.1, 0.15) is 18.9 Å². The SMILES string of the molecule is CC(=O)NCC1COC(=O)N1c1ccc(C2=CS(=O)CC2)c(F)c1. The first-order valence-corrected chi connectivity index (χ1v) is 8.92. The lowest BCUT2D eigenvalue weighted by atomic mass is 10.0. The Hall–Kier alpha value is -2.22. The van der Waals surface area contributed by atoms with Gasteiger partial charge in [-0.1, -0.05) is 0 Å².